The van der Waals surface area contributed by atoms with E-state index in [9.17, 15) is 10.1 Å². The highest BCUT2D eigenvalue weighted by atomic mass is 35.5. The highest BCUT2D eigenvalue weighted by Gasteiger charge is 2.47. The van der Waals surface area contributed by atoms with Crippen LogP contribution in [0, 0.1) is 29.1 Å². The molecule has 4 fully saturated rings. The van der Waals surface area contributed by atoms with Crippen LogP contribution >= 0.6 is 23.2 Å². The van der Waals surface area contributed by atoms with E-state index in [0.717, 1.165) is 38.9 Å². The molecule has 31 heavy (non-hydrogen) atoms. The summed E-state index contributed by atoms with van der Waals surface area (Å²) in [5, 5.41) is 17.6. The maximum atomic E-state index is 12.4. The summed E-state index contributed by atoms with van der Waals surface area (Å²) in [7, 11) is 0. The molecule has 4 rings (SSSR count). The average molecular weight is 471 g/mol. The van der Waals surface area contributed by atoms with Gasteiger partial charge in [-0.05, 0) is 50.4 Å². The Morgan fingerprint density at radius 1 is 1.10 bits per heavy atom. The molecule has 0 spiro atoms. The number of halogens is 2. The van der Waals surface area contributed by atoms with Gasteiger partial charge in [0.15, 0.2) is 0 Å². The zero-order chi connectivity index (χ0) is 22.0. The van der Waals surface area contributed by atoms with E-state index in [0.29, 0.717) is 55.2 Å². The molecule has 4 aliphatic rings. The second-order valence-corrected chi connectivity index (χ2v) is 10.9. The lowest BCUT2D eigenvalue weighted by molar-refractivity contribution is -0.135. The highest BCUT2D eigenvalue weighted by Crippen LogP contribution is 2.45. The first kappa shape index (κ1) is 23.5. The number of nitrogens with zero attached hydrogens (tertiary/aromatic N) is 3. The Labute approximate surface area is 195 Å². The van der Waals surface area contributed by atoms with Gasteiger partial charge in [-0.3, -0.25) is 15.0 Å². The smallest absolute Gasteiger partial charge is 0.225 e. The van der Waals surface area contributed by atoms with Crippen molar-refractivity contribution in [2.45, 2.75) is 73.9 Å². The molecule has 4 N–H and O–H groups in total. The van der Waals surface area contributed by atoms with Gasteiger partial charge in [0.05, 0.1) is 12.2 Å². The third-order valence-corrected chi connectivity index (χ3v) is 8.96. The number of hydrogen-bond acceptors (Lipinski definition) is 6. The standard InChI is InChI=1S/C22H36Cl2N6O/c23-15-3-1-14(2-4-15)17-9-18-20(10-19(17)24)27-13-28-22(18)29-7-8-30(16(11-26)12-29)21(31)5-6-25/h14-20,22,27-28H,1-10,12-13,25H2. The van der Waals surface area contributed by atoms with Gasteiger partial charge < -0.3 is 16.0 Å². The molecular formula is C22H36Cl2N6O. The topological polar surface area (TPSA) is 97.4 Å². The Kier molecular flexibility index (Phi) is 8.00. The summed E-state index contributed by atoms with van der Waals surface area (Å²) in [6, 6.07) is 2.33. The Hall–Kier alpha value is -0.620. The fourth-order valence-electron chi connectivity index (χ4n) is 6.38. The normalized spacial score (nSPS) is 41.9. The van der Waals surface area contributed by atoms with Crippen molar-refractivity contribution in [3.63, 3.8) is 0 Å². The van der Waals surface area contributed by atoms with E-state index in [1.807, 2.05) is 0 Å². The van der Waals surface area contributed by atoms with Crippen molar-refractivity contribution < 1.29 is 4.79 Å². The number of nitriles is 1. The lowest BCUT2D eigenvalue weighted by atomic mass is 9.67. The molecule has 2 aliphatic heterocycles. The quantitative estimate of drug-likeness (QED) is 0.540. The van der Waals surface area contributed by atoms with Crippen LogP contribution < -0.4 is 16.4 Å². The third kappa shape index (κ3) is 5.15. The summed E-state index contributed by atoms with van der Waals surface area (Å²) in [6.45, 7) is 3.02. The Balaban J connectivity index is 1.44. The fraction of sp³-hybridized carbons (Fsp3) is 0.909. The van der Waals surface area contributed by atoms with E-state index in [1.165, 1.54) is 12.8 Å². The van der Waals surface area contributed by atoms with Crippen molar-refractivity contribution in [2.75, 3.05) is 32.8 Å². The van der Waals surface area contributed by atoms with Crippen molar-refractivity contribution >= 4 is 29.1 Å². The fourth-order valence-corrected chi connectivity index (χ4v) is 7.13. The number of piperazine rings is 1. The minimum Gasteiger partial charge on any atom is -0.330 e. The van der Waals surface area contributed by atoms with E-state index in [4.69, 9.17) is 28.9 Å². The molecule has 2 heterocycles. The average Bonchev–Trinajstić information content (AvgIpc) is 2.78. The minimum atomic E-state index is -0.415. The summed E-state index contributed by atoms with van der Waals surface area (Å²) >= 11 is 13.3. The van der Waals surface area contributed by atoms with Crippen molar-refractivity contribution in [2.24, 2.45) is 23.5 Å². The van der Waals surface area contributed by atoms with Gasteiger partial charge in [-0.2, -0.15) is 5.26 Å². The molecule has 2 saturated heterocycles. The van der Waals surface area contributed by atoms with Gasteiger partial charge in [0.2, 0.25) is 5.91 Å². The van der Waals surface area contributed by atoms with Crippen LogP contribution in [0.2, 0.25) is 0 Å². The minimum absolute atomic E-state index is 0.0116. The Bertz CT molecular complexity index is 667. The molecule has 2 aliphatic carbocycles. The second kappa shape index (κ2) is 10.5. The zero-order valence-electron chi connectivity index (χ0n) is 18.2. The molecule has 2 saturated carbocycles. The molecule has 0 radical (unpaired) electrons. The number of alkyl halides is 2. The van der Waals surface area contributed by atoms with E-state index in [2.05, 4.69) is 21.6 Å². The van der Waals surface area contributed by atoms with Crippen LogP contribution in [-0.2, 0) is 4.79 Å². The van der Waals surface area contributed by atoms with Gasteiger partial charge in [0.1, 0.15) is 6.04 Å². The molecule has 6 atom stereocenters. The van der Waals surface area contributed by atoms with E-state index in [-0.39, 0.29) is 17.5 Å². The van der Waals surface area contributed by atoms with Crippen LogP contribution in [0.3, 0.4) is 0 Å². The first-order chi connectivity index (χ1) is 15.0. The van der Waals surface area contributed by atoms with Gasteiger partial charge >= 0.3 is 0 Å². The van der Waals surface area contributed by atoms with Gasteiger partial charge in [-0.1, -0.05) is 0 Å². The molecule has 0 bridgehead atoms. The number of hydrogen-bond donors (Lipinski definition) is 3. The number of nitrogens with one attached hydrogen (secondary N) is 2. The molecule has 0 aromatic rings. The molecule has 0 aromatic heterocycles. The van der Waals surface area contributed by atoms with Crippen LogP contribution in [0.4, 0.5) is 0 Å². The van der Waals surface area contributed by atoms with Crippen molar-refractivity contribution in [1.82, 2.24) is 20.4 Å². The number of nitrogens with two attached hydrogens (primary N) is 1. The Morgan fingerprint density at radius 3 is 2.58 bits per heavy atom. The summed E-state index contributed by atoms with van der Waals surface area (Å²) in [5.74, 6) is 1.63. The van der Waals surface area contributed by atoms with E-state index < -0.39 is 6.04 Å². The van der Waals surface area contributed by atoms with Crippen molar-refractivity contribution in [3.8, 4) is 6.07 Å². The van der Waals surface area contributed by atoms with E-state index >= 15 is 0 Å². The number of fused-ring (bicyclic) bond motifs is 1. The number of amides is 1. The largest absolute Gasteiger partial charge is 0.330 e. The second-order valence-electron chi connectivity index (χ2n) is 9.73. The monoisotopic (exact) mass is 470 g/mol. The van der Waals surface area contributed by atoms with Gasteiger partial charge in [0, 0.05) is 62.0 Å². The number of carbonyl (C=O) groups excluding carboxylic acids is 1. The van der Waals surface area contributed by atoms with E-state index in [1.54, 1.807) is 4.90 Å². The van der Waals surface area contributed by atoms with Crippen LogP contribution in [-0.4, -0.2) is 77.6 Å². The zero-order valence-corrected chi connectivity index (χ0v) is 19.7. The summed E-state index contributed by atoms with van der Waals surface area (Å²) in [6.07, 6.45) is 7.18. The van der Waals surface area contributed by atoms with Gasteiger partial charge in [-0.25, -0.2) is 0 Å². The SMILES string of the molecule is N#CC1CN(C2NCNC3CC(Cl)C(C4CCC(Cl)CC4)CC32)CCN1C(=O)CCN. The highest BCUT2D eigenvalue weighted by molar-refractivity contribution is 6.21. The van der Waals surface area contributed by atoms with Crippen molar-refractivity contribution in [3.05, 3.63) is 0 Å². The first-order valence-electron chi connectivity index (χ1n) is 11.9. The van der Waals surface area contributed by atoms with Crippen LogP contribution in [0.15, 0.2) is 0 Å². The summed E-state index contributed by atoms with van der Waals surface area (Å²) in [5.41, 5.74) is 5.56. The number of rotatable bonds is 4. The van der Waals surface area contributed by atoms with Crippen LogP contribution in [0.25, 0.3) is 0 Å². The molecule has 6 unspecified atom stereocenters. The molecule has 1 amide bonds. The Morgan fingerprint density at radius 2 is 1.87 bits per heavy atom. The molecular weight excluding hydrogens is 435 g/mol. The summed E-state index contributed by atoms with van der Waals surface area (Å²) in [4.78, 5) is 16.5. The van der Waals surface area contributed by atoms with Crippen LogP contribution in [0.5, 0.6) is 0 Å². The number of carbonyl (C=O) groups is 1. The molecule has 0 aromatic carbocycles. The first-order valence-corrected chi connectivity index (χ1v) is 12.8. The summed E-state index contributed by atoms with van der Waals surface area (Å²) < 4.78 is 0. The predicted molar refractivity (Wildman–Crippen MR) is 123 cm³/mol. The molecule has 174 valence electrons. The van der Waals surface area contributed by atoms with Crippen LogP contribution in [0.1, 0.15) is 44.9 Å². The molecule has 9 heteroatoms. The predicted octanol–water partition coefficient (Wildman–Crippen LogP) is 1.65. The van der Waals surface area contributed by atoms with Gasteiger partial charge in [0.25, 0.3) is 0 Å². The van der Waals surface area contributed by atoms with Crippen molar-refractivity contribution in [1.29, 1.82) is 5.26 Å². The van der Waals surface area contributed by atoms with Gasteiger partial charge in [-0.15, -0.1) is 23.2 Å². The maximum absolute atomic E-state index is 12.4. The molecule has 7 nitrogen and oxygen atoms in total. The maximum Gasteiger partial charge on any atom is 0.225 e. The lowest BCUT2D eigenvalue weighted by Crippen LogP contribution is -2.69. The lowest BCUT2D eigenvalue weighted by Gasteiger charge is -2.53. The third-order valence-electron chi connectivity index (χ3n) is 8.03.